The van der Waals surface area contributed by atoms with E-state index in [2.05, 4.69) is 9.72 Å². The molecule has 0 bridgehead atoms. The van der Waals surface area contributed by atoms with E-state index in [9.17, 15) is 28.1 Å². The summed E-state index contributed by atoms with van der Waals surface area (Å²) < 4.78 is 39.0. The van der Waals surface area contributed by atoms with E-state index in [1.165, 1.54) is 22.6 Å². The largest absolute Gasteiger partial charge is 0.573 e. The van der Waals surface area contributed by atoms with Crippen molar-refractivity contribution < 1.29 is 32.7 Å². The van der Waals surface area contributed by atoms with Crippen molar-refractivity contribution in [1.29, 1.82) is 0 Å². The number of hydrogen-bond acceptors (Lipinski definition) is 5. The number of hydrogen-bond donors (Lipinski definition) is 1. The molecule has 1 heterocycles. The first-order valence-corrected chi connectivity index (χ1v) is 5.03. The molecule has 7 nitrogen and oxygen atoms in total. The minimum absolute atomic E-state index is 0.463. The van der Waals surface area contributed by atoms with Gasteiger partial charge in [-0.2, -0.15) is 0 Å². The van der Waals surface area contributed by atoms with Crippen LogP contribution in [0, 0.1) is 13.7 Å². The number of carboxylic acids is 1. The van der Waals surface area contributed by atoms with Gasteiger partial charge in [0.2, 0.25) is 0 Å². The molecule has 0 atom stereocenters. The van der Waals surface area contributed by atoms with Crippen LogP contribution in [-0.2, 0) is 0 Å². The zero-order valence-electron chi connectivity index (χ0n) is 8.06. The normalized spacial score (nSPS) is 11.1. The molecule has 11 heteroatoms. The highest BCUT2D eigenvalue weighted by molar-refractivity contribution is 14.1. The molecule has 0 amide bonds. The molecular formula is C7H2F3IN2O5. The Bertz CT molecular complexity index is 519. The molecule has 0 aliphatic rings. The van der Waals surface area contributed by atoms with Crippen LogP contribution in [0.3, 0.4) is 0 Å². The Morgan fingerprint density at radius 2 is 2.11 bits per heavy atom. The molecule has 0 spiro atoms. The number of rotatable bonds is 3. The number of carboxylic acid groups (broad SMARTS) is 1. The van der Waals surface area contributed by atoms with Crippen molar-refractivity contribution in [3.63, 3.8) is 0 Å². The van der Waals surface area contributed by atoms with Gasteiger partial charge in [-0.15, -0.1) is 13.2 Å². The number of nitrogens with zero attached hydrogens (tertiary/aromatic N) is 2. The van der Waals surface area contributed by atoms with Gasteiger partial charge in [0.25, 0.3) is 5.69 Å². The predicted octanol–water partition coefficient (Wildman–Crippen LogP) is 2.19. The smallest absolute Gasteiger partial charge is 0.475 e. The summed E-state index contributed by atoms with van der Waals surface area (Å²) in [7, 11) is 0. The SMILES string of the molecule is O=C(O)c1cc(OC(F)(F)F)c(I)c([N+](=O)[O-])n1. The Hall–Kier alpha value is -1.66. The van der Waals surface area contributed by atoms with Gasteiger partial charge in [0, 0.05) is 6.07 Å². The second-order valence-electron chi connectivity index (χ2n) is 2.75. The summed E-state index contributed by atoms with van der Waals surface area (Å²) >= 11 is 1.21. The zero-order chi connectivity index (χ0) is 14.1. The summed E-state index contributed by atoms with van der Waals surface area (Å²) in [4.78, 5) is 23.1. The van der Waals surface area contributed by atoms with Crippen LogP contribution in [0.1, 0.15) is 10.5 Å². The molecule has 0 fully saturated rings. The highest BCUT2D eigenvalue weighted by Crippen LogP contribution is 2.33. The van der Waals surface area contributed by atoms with Crippen LogP contribution in [0.5, 0.6) is 5.75 Å². The van der Waals surface area contributed by atoms with Crippen LogP contribution in [0.15, 0.2) is 6.07 Å². The minimum atomic E-state index is -5.09. The first kappa shape index (κ1) is 14.4. The maximum absolute atomic E-state index is 12.0. The number of pyridine rings is 1. The van der Waals surface area contributed by atoms with Gasteiger partial charge < -0.3 is 20.0 Å². The van der Waals surface area contributed by atoms with Gasteiger partial charge in [-0.05, 0) is 32.5 Å². The van der Waals surface area contributed by atoms with E-state index in [1.54, 1.807) is 0 Å². The molecule has 18 heavy (non-hydrogen) atoms. The van der Waals surface area contributed by atoms with E-state index >= 15 is 0 Å². The molecule has 0 aliphatic carbocycles. The molecule has 1 N–H and O–H groups in total. The topological polar surface area (TPSA) is 103 Å². The highest BCUT2D eigenvalue weighted by atomic mass is 127. The number of alkyl halides is 3. The Kier molecular flexibility index (Phi) is 3.93. The average Bonchev–Trinajstić information content (AvgIpc) is 2.18. The van der Waals surface area contributed by atoms with E-state index in [-0.39, 0.29) is 0 Å². The van der Waals surface area contributed by atoms with Crippen molar-refractivity contribution in [1.82, 2.24) is 4.98 Å². The summed E-state index contributed by atoms with van der Waals surface area (Å²) in [6.07, 6.45) is -5.09. The Balaban J connectivity index is 3.40. The van der Waals surface area contributed by atoms with Gasteiger partial charge in [0.15, 0.2) is 9.32 Å². The third-order valence-corrected chi connectivity index (χ3v) is 2.54. The number of aromatic nitrogens is 1. The Morgan fingerprint density at radius 1 is 1.56 bits per heavy atom. The standard InChI is InChI=1S/C7H2F3IN2O5/c8-7(9,10)18-3-1-2(6(14)15)12-5(4(3)11)13(16)17/h1H,(H,14,15). The molecule has 1 aromatic rings. The second-order valence-corrected chi connectivity index (χ2v) is 3.83. The van der Waals surface area contributed by atoms with Crippen LogP contribution < -0.4 is 4.74 Å². The number of carbonyl (C=O) groups is 1. The molecule has 0 radical (unpaired) electrons. The first-order chi connectivity index (χ1) is 8.11. The fourth-order valence-corrected chi connectivity index (χ4v) is 1.51. The summed E-state index contributed by atoms with van der Waals surface area (Å²) in [5, 5.41) is 19.1. The van der Waals surface area contributed by atoms with Gasteiger partial charge in [-0.1, -0.05) is 0 Å². The van der Waals surface area contributed by atoms with Crippen LogP contribution >= 0.6 is 22.6 Å². The molecule has 0 saturated heterocycles. The van der Waals surface area contributed by atoms with Crippen LogP contribution in [-0.4, -0.2) is 27.3 Å². The van der Waals surface area contributed by atoms with Crippen molar-refractivity contribution in [2.24, 2.45) is 0 Å². The Labute approximate surface area is 110 Å². The van der Waals surface area contributed by atoms with Gasteiger partial charge in [-0.25, -0.2) is 4.79 Å². The molecule has 0 saturated carbocycles. The van der Waals surface area contributed by atoms with Crippen molar-refractivity contribution in [2.45, 2.75) is 6.36 Å². The van der Waals surface area contributed by atoms with E-state index in [4.69, 9.17) is 5.11 Å². The van der Waals surface area contributed by atoms with Crippen LogP contribution in [0.2, 0.25) is 0 Å². The fraction of sp³-hybridized carbons (Fsp3) is 0.143. The maximum Gasteiger partial charge on any atom is 0.573 e. The lowest BCUT2D eigenvalue weighted by atomic mass is 10.3. The van der Waals surface area contributed by atoms with Crippen molar-refractivity contribution >= 4 is 34.4 Å². The summed E-state index contributed by atoms with van der Waals surface area (Å²) in [5.41, 5.74) is -0.915. The summed E-state index contributed by atoms with van der Waals surface area (Å²) in [5.74, 6) is -3.71. The fourth-order valence-electron chi connectivity index (χ4n) is 0.923. The lowest BCUT2D eigenvalue weighted by Gasteiger charge is -2.10. The quantitative estimate of drug-likeness (QED) is 0.492. The number of nitro groups is 1. The molecule has 0 aromatic carbocycles. The van der Waals surface area contributed by atoms with Crippen LogP contribution in [0.4, 0.5) is 19.0 Å². The van der Waals surface area contributed by atoms with E-state index < -0.39 is 38.1 Å². The van der Waals surface area contributed by atoms with E-state index in [0.717, 1.165) is 0 Å². The lowest BCUT2D eigenvalue weighted by molar-refractivity contribution is -0.390. The van der Waals surface area contributed by atoms with E-state index in [1.807, 2.05) is 0 Å². The van der Waals surface area contributed by atoms with Crippen molar-refractivity contribution in [2.75, 3.05) is 0 Å². The van der Waals surface area contributed by atoms with Gasteiger partial charge in [-0.3, -0.25) is 0 Å². The monoisotopic (exact) mass is 378 g/mol. The molecule has 1 rings (SSSR count). The average molecular weight is 378 g/mol. The Morgan fingerprint density at radius 3 is 2.50 bits per heavy atom. The number of halogens is 4. The van der Waals surface area contributed by atoms with Crippen molar-refractivity contribution in [3.8, 4) is 5.75 Å². The molecule has 1 aromatic heterocycles. The summed E-state index contributed by atoms with van der Waals surface area (Å²) in [6, 6.07) is 0.463. The zero-order valence-corrected chi connectivity index (χ0v) is 10.2. The number of aromatic carboxylic acids is 1. The van der Waals surface area contributed by atoms with Crippen LogP contribution in [0.25, 0.3) is 0 Å². The summed E-state index contributed by atoms with van der Waals surface area (Å²) in [6.45, 7) is 0. The molecule has 98 valence electrons. The second kappa shape index (κ2) is 4.91. The first-order valence-electron chi connectivity index (χ1n) is 3.96. The molecule has 0 aliphatic heterocycles. The third-order valence-electron chi connectivity index (χ3n) is 1.52. The van der Waals surface area contributed by atoms with Crippen molar-refractivity contribution in [3.05, 3.63) is 25.4 Å². The van der Waals surface area contributed by atoms with E-state index in [0.29, 0.717) is 6.07 Å². The van der Waals surface area contributed by atoms with Gasteiger partial charge in [0.05, 0.1) is 0 Å². The molecular weight excluding hydrogens is 376 g/mol. The third kappa shape index (κ3) is 3.41. The lowest BCUT2D eigenvalue weighted by Crippen LogP contribution is -2.19. The molecule has 0 unspecified atom stereocenters. The highest BCUT2D eigenvalue weighted by Gasteiger charge is 2.35. The maximum atomic E-state index is 12.0. The number of ether oxygens (including phenoxy) is 1. The predicted molar refractivity (Wildman–Crippen MR) is 57.3 cm³/mol. The minimum Gasteiger partial charge on any atom is -0.475 e. The van der Waals surface area contributed by atoms with Gasteiger partial charge >= 0.3 is 18.1 Å². The van der Waals surface area contributed by atoms with Gasteiger partial charge in [0.1, 0.15) is 0 Å².